The Balaban J connectivity index is 1.51. The zero-order valence-corrected chi connectivity index (χ0v) is 18.4. The molecular formula is C25H26NO6-. The average molecular weight is 436 g/mol. The Morgan fingerprint density at radius 3 is 2.44 bits per heavy atom. The molecule has 32 heavy (non-hydrogen) atoms. The molecule has 1 fully saturated rings. The zero-order chi connectivity index (χ0) is 22.6. The molecule has 0 radical (unpaired) electrons. The van der Waals surface area contributed by atoms with Gasteiger partial charge in [0.1, 0.15) is 16.9 Å². The van der Waals surface area contributed by atoms with Crippen molar-refractivity contribution in [3.63, 3.8) is 0 Å². The number of nitrogens with zero attached hydrogens (tertiary/aromatic N) is 1. The van der Waals surface area contributed by atoms with E-state index in [0.717, 1.165) is 58.9 Å². The number of hydrogen-bond acceptors (Lipinski definition) is 6. The highest BCUT2D eigenvalue weighted by Gasteiger charge is 2.26. The number of benzene rings is 1. The highest BCUT2D eigenvalue weighted by molar-refractivity contribution is 6.00. The van der Waals surface area contributed by atoms with Crippen LogP contribution in [0, 0.1) is 19.8 Å². The zero-order valence-electron chi connectivity index (χ0n) is 18.4. The van der Waals surface area contributed by atoms with E-state index in [1.807, 2.05) is 19.9 Å². The molecule has 1 amide bonds. The lowest BCUT2D eigenvalue weighted by atomic mass is 9.93. The lowest BCUT2D eigenvalue weighted by Crippen LogP contribution is -2.44. The number of rotatable bonds is 3. The fraction of sp³-hybridized carbons (Fsp3) is 0.480. The highest BCUT2D eigenvalue weighted by Crippen LogP contribution is 2.38. The van der Waals surface area contributed by atoms with Crippen molar-refractivity contribution in [3.05, 3.63) is 44.5 Å². The molecule has 1 aliphatic carbocycles. The maximum absolute atomic E-state index is 12.9. The molecular weight excluding hydrogens is 410 g/mol. The van der Waals surface area contributed by atoms with Gasteiger partial charge in [-0.1, -0.05) is 0 Å². The molecule has 168 valence electrons. The third-order valence-corrected chi connectivity index (χ3v) is 7.23. The van der Waals surface area contributed by atoms with Crippen LogP contribution >= 0.6 is 0 Å². The van der Waals surface area contributed by atoms with Crippen LogP contribution in [0.5, 0.6) is 0 Å². The van der Waals surface area contributed by atoms with Crippen molar-refractivity contribution >= 4 is 33.8 Å². The lowest BCUT2D eigenvalue weighted by molar-refractivity contribution is -0.312. The van der Waals surface area contributed by atoms with Gasteiger partial charge in [-0.05, 0) is 57.6 Å². The van der Waals surface area contributed by atoms with E-state index in [1.54, 1.807) is 4.90 Å². The molecule has 1 saturated heterocycles. The summed E-state index contributed by atoms with van der Waals surface area (Å²) in [6, 6.07) is 2.04. The van der Waals surface area contributed by atoms with Crippen LogP contribution in [0.1, 0.15) is 53.7 Å². The number of likely N-dealkylation sites (tertiary alicyclic amines) is 1. The normalized spacial score (nSPS) is 17.1. The lowest BCUT2D eigenvalue weighted by Gasteiger charge is -2.32. The largest absolute Gasteiger partial charge is 0.550 e. The molecule has 0 N–H and O–H groups in total. The van der Waals surface area contributed by atoms with Gasteiger partial charge in [-0.15, -0.1) is 0 Å². The van der Waals surface area contributed by atoms with Crippen LogP contribution in [-0.4, -0.2) is 29.9 Å². The number of furan rings is 1. The number of carbonyl (C=O) groups is 2. The number of piperidine rings is 1. The Hall–Kier alpha value is -3.09. The monoisotopic (exact) mass is 436 g/mol. The van der Waals surface area contributed by atoms with Crippen LogP contribution in [-0.2, 0) is 28.9 Å². The van der Waals surface area contributed by atoms with Gasteiger partial charge < -0.3 is 23.6 Å². The first-order valence-electron chi connectivity index (χ1n) is 11.3. The Bertz CT molecular complexity index is 1310. The molecule has 0 bridgehead atoms. The van der Waals surface area contributed by atoms with Gasteiger partial charge in [0.15, 0.2) is 0 Å². The van der Waals surface area contributed by atoms with Crippen LogP contribution in [0.15, 0.2) is 19.7 Å². The Kier molecular flexibility index (Phi) is 5.07. The molecule has 3 aromatic rings. The number of carbonyl (C=O) groups excluding carboxylic acids is 2. The Morgan fingerprint density at radius 2 is 1.72 bits per heavy atom. The van der Waals surface area contributed by atoms with Gasteiger partial charge in [0, 0.05) is 53.3 Å². The third kappa shape index (κ3) is 3.31. The van der Waals surface area contributed by atoms with Gasteiger partial charge in [0.05, 0.1) is 12.0 Å². The summed E-state index contributed by atoms with van der Waals surface area (Å²) >= 11 is 0. The van der Waals surface area contributed by atoms with Crippen LogP contribution in [0.4, 0.5) is 0 Å². The number of fused-ring (bicyclic) bond motifs is 4. The van der Waals surface area contributed by atoms with Crippen molar-refractivity contribution in [1.29, 1.82) is 0 Å². The van der Waals surface area contributed by atoms with E-state index in [1.165, 1.54) is 5.56 Å². The summed E-state index contributed by atoms with van der Waals surface area (Å²) in [6.07, 6.45) is 4.86. The molecule has 0 spiro atoms. The molecule has 3 heterocycles. The van der Waals surface area contributed by atoms with Crippen LogP contribution < -0.4 is 10.7 Å². The first-order valence-corrected chi connectivity index (χ1v) is 11.3. The molecule has 0 atom stereocenters. The fourth-order valence-corrected chi connectivity index (χ4v) is 5.25. The summed E-state index contributed by atoms with van der Waals surface area (Å²) in [4.78, 5) is 38.4. The number of hydrogen-bond donors (Lipinski definition) is 0. The predicted octanol–water partition coefficient (Wildman–Crippen LogP) is 2.57. The maximum Gasteiger partial charge on any atom is 0.340 e. The Labute approximate surface area is 185 Å². The van der Waals surface area contributed by atoms with Crippen molar-refractivity contribution in [3.8, 4) is 0 Å². The van der Waals surface area contributed by atoms with E-state index in [0.29, 0.717) is 37.1 Å². The SMILES string of the molecule is Cc1c(CC(=O)N2CCC(C(=O)[O-])CC2)c(=O)oc2c(C)c3oc4c(c3cc12)CCCC4. The van der Waals surface area contributed by atoms with Crippen LogP contribution in [0.2, 0.25) is 0 Å². The predicted molar refractivity (Wildman–Crippen MR) is 116 cm³/mol. The van der Waals surface area contributed by atoms with E-state index in [9.17, 15) is 19.5 Å². The van der Waals surface area contributed by atoms with Crippen molar-refractivity contribution in [2.24, 2.45) is 5.92 Å². The number of carboxylic acid groups (broad SMARTS) is 1. The third-order valence-electron chi connectivity index (χ3n) is 7.23. The van der Waals surface area contributed by atoms with Gasteiger partial charge in [0.25, 0.3) is 0 Å². The fourth-order valence-electron chi connectivity index (χ4n) is 5.25. The molecule has 2 aromatic heterocycles. The standard InChI is InChI=1S/C25H27NO6/c1-13-17-11-19-16-5-3-4-6-20(16)31-23(19)14(2)22(17)32-25(30)18(13)12-21(27)26-9-7-15(8-10-26)24(28)29/h11,15H,3-10,12H2,1-2H3,(H,28,29)/p-1. The van der Waals surface area contributed by atoms with Crippen molar-refractivity contribution in [2.75, 3.05) is 13.1 Å². The molecule has 0 unspecified atom stereocenters. The summed E-state index contributed by atoms with van der Waals surface area (Å²) in [5.74, 6) is -0.737. The van der Waals surface area contributed by atoms with E-state index in [-0.39, 0.29) is 12.3 Å². The number of amides is 1. The van der Waals surface area contributed by atoms with Crippen molar-refractivity contribution < 1.29 is 23.5 Å². The van der Waals surface area contributed by atoms with Crippen LogP contribution in [0.3, 0.4) is 0 Å². The van der Waals surface area contributed by atoms with Gasteiger partial charge >= 0.3 is 5.63 Å². The van der Waals surface area contributed by atoms with E-state index >= 15 is 0 Å². The van der Waals surface area contributed by atoms with E-state index in [2.05, 4.69) is 0 Å². The number of aryl methyl sites for hydroxylation is 4. The topological polar surface area (TPSA) is 104 Å². The summed E-state index contributed by atoms with van der Waals surface area (Å²) in [6.45, 7) is 4.49. The number of aliphatic carboxylic acids is 1. The summed E-state index contributed by atoms with van der Waals surface area (Å²) in [7, 11) is 0. The minimum Gasteiger partial charge on any atom is -0.550 e. The van der Waals surface area contributed by atoms with Gasteiger partial charge in [-0.3, -0.25) is 4.79 Å². The quantitative estimate of drug-likeness (QED) is 0.585. The first-order chi connectivity index (χ1) is 15.3. The molecule has 1 aromatic carbocycles. The summed E-state index contributed by atoms with van der Waals surface area (Å²) in [5, 5.41) is 13.0. The van der Waals surface area contributed by atoms with Crippen LogP contribution in [0.25, 0.3) is 21.9 Å². The molecule has 7 nitrogen and oxygen atoms in total. The smallest absolute Gasteiger partial charge is 0.340 e. The minimum absolute atomic E-state index is 0.0549. The maximum atomic E-state index is 12.9. The molecule has 0 saturated carbocycles. The molecule has 7 heteroatoms. The van der Waals surface area contributed by atoms with Gasteiger partial charge in [-0.2, -0.15) is 0 Å². The highest BCUT2D eigenvalue weighted by atomic mass is 16.4. The molecule has 2 aliphatic rings. The summed E-state index contributed by atoms with van der Waals surface area (Å²) < 4.78 is 11.8. The minimum atomic E-state index is -1.06. The van der Waals surface area contributed by atoms with E-state index in [4.69, 9.17) is 8.83 Å². The second-order valence-electron chi connectivity index (χ2n) is 9.11. The van der Waals surface area contributed by atoms with E-state index < -0.39 is 17.5 Å². The molecule has 5 rings (SSSR count). The molecule has 1 aliphatic heterocycles. The number of carboxylic acids is 1. The second kappa shape index (κ2) is 7.80. The summed E-state index contributed by atoms with van der Waals surface area (Å²) in [5.41, 5.74) is 3.96. The van der Waals surface area contributed by atoms with Gasteiger partial charge in [0.2, 0.25) is 5.91 Å². The van der Waals surface area contributed by atoms with Crippen molar-refractivity contribution in [2.45, 2.75) is 58.8 Å². The van der Waals surface area contributed by atoms with Gasteiger partial charge in [-0.25, -0.2) is 4.79 Å². The second-order valence-corrected chi connectivity index (χ2v) is 9.11. The first kappa shape index (κ1) is 20.8. The Morgan fingerprint density at radius 1 is 1.03 bits per heavy atom. The average Bonchev–Trinajstić information content (AvgIpc) is 3.16. The van der Waals surface area contributed by atoms with Crippen molar-refractivity contribution in [1.82, 2.24) is 4.90 Å².